The number of halogens is 1. The van der Waals surface area contributed by atoms with Crippen LogP contribution in [0.25, 0.3) is 0 Å². The lowest BCUT2D eigenvalue weighted by Gasteiger charge is -2.19. The Bertz CT molecular complexity index is 425. The summed E-state index contributed by atoms with van der Waals surface area (Å²) >= 11 is 3.43. The van der Waals surface area contributed by atoms with E-state index in [1.807, 2.05) is 31.2 Å². The highest BCUT2D eigenvalue weighted by Crippen LogP contribution is 2.16. The quantitative estimate of drug-likeness (QED) is 0.865. The number of benzene rings is 1. The van der Waals surface area contributed by atoms with Crippen LogP contribution in [0.2, 0.25) is 0 Å². The van der Waals surface area contributed by atoms with Gasteiger partial charge in [-0.05, 0) is 50.3 Å². The Morgan fingerprint density at radius 2 is 1.80 bits per heavy atom. The maximum absolute atomic E-state index is 12.1. The summed E-state index contributed by atoms with van der Waals surface area (Å²) in [7, 11) is 0. The zero-order valence-electron chi connectivity index (χ0n) is 12.1. The third-order valence-corrected chi connectivity index (χ3v) is 4.50. The Kier molecular flexibility index (Phi) is 6.05. The first-order chi connectivity index (χ1) is 9.65. The molecular formula is C16H24BrN2O+. The number of rotatable bonds is 4. The zero-order chi connectivity index (χ0) is 14.4. The molecule has 4 heteroatoms. The van der Waals surface area contributed by atoms with E-state index in [1.54, 1.807) is 0 Å². The molecule has 1 amide bonds. The van der Waals surface area contributed by atoms with Crippen molar-refractivity contribution in [1.29, 1.82) is 0 Å². The van der Waals surface area contributed by atoms with Crippen molar-refractivity contribution < 1.29 is 9.69 Å². The van der Waals surface area contributed by atoms with E-state index in [0.29, 0.717) is 6.54 Å². The summed E-state index contributed by atoms with van der Waals surface area (Å²) in [4.78, 5) is 13.6. The molecule has 0 aliphatic carbocycles. The second-order valence-corrected chi connectivity index (χ2v) is 6.60. The number of hydrogen-bond donors (Lipinski definition) is 2. The van der Waals surface area contributed by atoms with Crippen molar-refractivity contribution >= 4 is 21.8 Å². The Balaban J connectivity index is 1.82. The molecule has 1 aliphatic rings. The van der Waals surface area contributed by atoms with Crippen molar-refractivity contribution in [2.75, 3.05) is 19.6 Å². The fraction of sp³-hybridized carbons (Fsp3) is 0.562. The largest absolute Gasteiger partial charge is 0.345 e. The van der Waals surface area contributed by atoms with Crippen LogP contribution in [0.1, 0.15) is 44.2 Å². The van der Waals surface area contributed by atoms with Crippen molar-refractivity contribution in [3.05, 3.63) is 34.3 Å². The Morgan fingerprint density at radius 3 is 2.40 bits per heavy atom. The Morgan fingerprint density at radius 1 is 1.20 bits per heavy atom. The van der Waals surface area contributed by atoms with Gasteiger partial charge in [-0.1, -0.05) is 28.1 Å². The van der Waals surface area contributed by atoms with E-state index in [-0.39, 0.29) is 11.9 Å². The molecule has 110 valence electrons. The van der Waals surface area contributed by atoms with E-state index in [4.69, 9.17) is 0 Å². The summed E-state index contributed by atoms with van der Waals surface area (Å²) in [5, 5.41) is 3.11. The third-order valence-electron chi connectivity index (χ3n) is 3.97. The number of hydrogen-bond acceptors (Lipinski definition) is 1. The molecule has 1 aromatic rings. The first kappa shape index (κ1) is 15.5. The molecule has 3 nitrogen and oxygen atoms in total. The first-order valence-corrected chi connectivity index (χ1v) is 8.33. The standard InChI is InChI=1S/C16H23BrN2O/c1-13(14-6-8-15(17)9-7-14)18-16(20)12-19-10-4-2-3-5-11-19/h6-9,13H,2-5,10-12H2,1H3,(H,18,20)/p+1/t13-/m1/s1. The fourth-order valence-electron chi connectivity index (χ4n) is 2.76. The van der Waals surface area contributed by atoms with Crippen molar-refractivity contribution in [2.45, 2.75) is 38.6 Å². The first-order valence-electron chi connectivity index (χ1n) is 7.53. The summed E-state index contributed by atoms with van der Waals surface area (Å²) in [6.07, 6.45) is 5.15. The molecule has 0 bridgehead atoms. The van der Waals surface area contributed by atoms with Crippen molar-refractivity contribution in [2.24, 2.45) is 0 Å². The lowest BCUT2D eigenvalue weighted by atomic mass is 10.1. The third kappa shape index (κ3) is 4.91. The van der Waals surface area contributed by atoms with Crippen LogP contribution in [0.3, 0.4) is 0 Å². The van der Waals surface area contributed by atoms with Crippen LogP contribution in [0.15, 0.2) is 28.7 Å². The molecule has 0 spiro atoms. The van der Waals surface area contributed by atoms with Gasteiger partial charge in [-0.2, -0.15) is 0 Å². The zero-order valence-corrected chi connectivity index (χ0v) is 13.7. The molecule has 0 radical (unpaired) electrons. The predicted molar refractivity (Wildman–Crippen MR) is 84.7 cm³/mol. The van der Waals surface area contributed by atoms with Crippen molar-refractivity contribution in [1.82, 2.24) is 5.32 Å². The maximum atomic E-state index is 12.1. The van der Waals surface area contributed by atoms with Gasteiger partial charge in [0.2, 0.25) is 0 Å². The van der Waals surface area contributed by atoms with Gasteiger partial charge in [-0.15, -0.1) is 0 Å². The smallest absolute Gasteiger partial charge is 0.275 e. The van der Waals surface area contributed by atoms with E-state index in [1.165, 1.54) is 30.6 Å². The predicted octanol–water partition coefficient (Wildman–Crippen LogP) is 2.09. The summed E-state index contributed by atoms with van der Waals surface area (Å²) in [6.45, 7) is 4.93. The highest BCUT2D eigenvalue weighted by Gasteiger charge is 2.17. The minimum Gasteiger partial charge on any atom is -0.345 e. The lowest BCUT2D eigenvalue weighted by Crippen LogP contribution is -3.13. The number of likely N-dealkylation sites (tertiary alicyclic amines) is 1. The second-order valence-electron chi connectivity index (χ2n) is 5.68. The molecule has 1 atom stereocenters. The van der Waals surface area contributed by atoms with Crippen LogP contribution >= 0.6 is 15.9 Å². The van der Waals surface area contributed by atoms with Gasteiger partial charge < -0.3 is 10.2 Å². The van der Waals surface area contributed by atoms with E-state index >= 15 is 0 Å². The molecule has 1 saturated heterocycles. The molecule has 0 unspecified atom stereocenters. The van der Waals surface area contributed by atoms with Gasteiger partial charge in [0.15, 0.2) is 6.54 Å². The summed E-state index contributed by atoms with van der Waals surface area (Å²) in [6, 6.07) is 8.19. The second kappa shape index (κ2) is 7.79. The molecule has 0 aromatic heterocycles. The monoisotopic (exact) mass is 339 g/mol. The molecule has 1 aromatic carbocycles. The van der Waals surface area contributed by atoms with E-state index < -0.39 is 0 Å². The summed E-state index contributed by atoms with van der Waals surface area (Å²) in [5.41, 5.74) is 1.15. The molecule has 1 fully saturated rings. The van der Waals surface area contributed by atoms with Crippen LogP contribution < -0.4 is 10.2 Å². The highest BCUT2D eigenvalue weighted by atomic mass is 79.9. The average Bonchev–Trinajstić information content (AvgIpc) is 2.68. The van der Waals surface area contributed by atoms with E-state index in [0.717, 1.165) is 23.1 Å². The van der Waals surface area contributed by atoms with Gasteiger partial charge in [-0.3, -0.25) is 4.79 Å². The molecular weight excluding hydrogens is 316 g/mol. The molecule has 20 heavy (non-hydrogen) atoms. The van der Waals surface area contributed by atoms with Gasteiger partial charge in [0.25, 0.3) is 5.91 Å². The number of nitrogens with one attached hydrogen (secondary N) is 2. The maximum Gasteiger partial charge on any atom is 0.275 e. The van der Waals surface area contributed by atoms with E-state index in [2.05, 4.69) is 21.2 Å². The van der Waals surface area contributed by atoms with Crippen LogP contribution in [0.5, 0.6) is 0 Å². The molecule has 1 heterocycles. The minimum absolute atomic E-state index is 0.0713. The topological polar surface area (TPSA) is 33.5 Å². The van der Waals surface area contributed by atoms with Gasteiger partial charge in [-0.25, -0.2) is 0 Å². The van der Waals surface area contributed by atoms with Crippen LogP contribution in [-0.4, -0.2) is 25.5 Å². The normalized spacial score (nSPS) is 18.3. The summed E-state index contributed by atoms with van der Waals surface area (Å²) in [5.74, 6) is 0.164. The summed E-state index contributed by atoms with van der Waals surface area (Å²) < 4.78 is 1.06. The number of quaternary nitrogens is 1. The molecule has 0 saturated carbocycles. The van der Waals surface area contributed by atoms with Gasteiger partial charge >= 0.3 is 0 Å². The van der Waals surface area contributed by atoms with Gasteiger partial charge in [0.1, 0.15) is 0 Å². The Labute approximate surface area is 129 Å². The molecule has 2 rings (SSSR count). The van der Waals surface area contributed by atoms with Crippen molar-refractivity contribution in [3.63, 3.8) is 0 Å². The van der Waals surface area contributed by atoms with Crippen molar-refractivity contribution in [3.8, 4) is 0 Å². The Hall–Kier alpha value is -0.870. The lowest BCUT2D eigenvalue weighted by molar-refractivity contribution is -0.891. The van der Waals surface area contributed by atoms with Crippen LogP contribution in [0.4, 0.5) is 0 Å². The number of carbonyl (C=O) groups excluding carboxylic acids is 1. The molecule has 2 N–H and O–H groups in total. The van der Waals surface area contributed by atoms with E-state index in [9.17, 15) is 4.79 Å². The van der Waals surface area contributed by atoms with Gasteiger partial charge in [0, 0.05) is 4.47 Å². The number of amides is 1. The SMILES string of the molecule is C[C@@H](NC(=O)C[NH+]1CCCCCC1)c1ccc(Br)cc1. The van der Waals surface area contributed by atoms with Crippen LogP contribution in [0, 0.1) is 0 Å². The number of carbonyl (C=O) groups is 1. The minimum atomic E-state index is 0.0713. The van der Waals surface area contributed by atoms with Crippen LogP contribution in [-0.2, 0) is 4.79 Å². The molecule has 1 aliphatic heterocycles. The average molecular weight is 340 g/mol. The highest BCUT2D eigenvalue weighted by molar-refractivity contribution is 9.10. The fourth-order valence-corrected chi connectivity index (χ4v) is 3.02. The van der Waals surface area contributed by atoms with Gasteiger partial charge in [0.05, 0.1) is 19.1 Å².